The van der Waals surface area contributed by atoms with Gasteiger partial charge >= 0.3 is 0 Å². The van der Waals surface area contributed by atoms with E-state index in [4.69, 9.17) is 28.2 Å². The van der Waals surface area contributed by atoms with Gasteiger partial charge in [0.25, 0.3) is 0 Å². The van der Waals surface area contributed by atoms with E-state index in [1.54, 1.807) is 28.1 Å². The Hall–Kier alpha value is -3.01. The summed E-state index contributed by atoms with van der Waals surface area (Å²) in [5.41, 5.74) is 12.6. The number of benzene rings is 1. The third-order valence-corrected chi connectivity index (χ3v) is 7.19. The van der Waals surface area contributed by atoms with Gasteiger partial charge in [0.2, 0.25) is 11.8 Å². The normalized spacial score (nSPS) is 17.4. The Morgan fingerprint density at radius 3 is 2.39 bits per heavy atom. The first kappa shape index (κ1) is 26.9. The Labute approximate surface area is 253 Å². The van der Waals surface area contributed by atoms with Gasteiger partial charge in [0.15, 0.2) is 11.5 Å². The molecule has 2 amide bonds. The highest BCUT2D eigenvalue weighted by molar-refractivity contribution is 5.83. The van der Waals surface area contributed by atoms with Crippen LogP contribution in [0.1, 0.15) is 74.4 Å². The molecule has 1 aromatic carbocycles. The van der Waals surface area contributed by atoms with Crippen molar-refractivity contribution in [2.75, 3.05) is 34.0 Å². The van der Waals surface area contributed by atoms with Crippen molar-refractivity contribution >= 4 is 11.8 Å². The van der Waals surface area contributed by atoms with E-state index in [0.717, 1.165) is 5.56 Å². The van der Waals surface area contributed by atoms with E-state index in [1.165, 1.54) is 0 Å². The average molecular weight is 584 g/mol. The lowest BCUT2D eigenvalue weighted by Crippen LogP contribution is -2.45. The number of hydrogen-bond donors (Lipinski definition) is 3. The molecule has 0 aliphatic rings. The van der Waals surface area contributed by atoms with Crippen molar-refractivity contribution in [2.24, 2.45) is 39.9 Å². The van der Waals surface area contributed by atoms with Crippen LogP contribution < -0.4 is 20.5 Å². The summed E-state index contributed by atoms with van der Waals surface area (Å²) in [6.45, 7) is 0.678. The number of methoxy groups -OCH3 is 2. The van der Waals surface area contributed by atoms with Gasteiger partial charge in [0, 0.05) is 45.7 Å². The second kappa shape index (κ2) is 17.7. The summed E-state index contributed by atoms with van der Waals surface area (Å²) in [6.07, 6.45) is 0.101. The van der Waals surface area contributed by atoms with Crippen LogP contribution in [-0.4, -0.2) is 63.0 Å². The van der Waals surface area contributed by atoms with E-state index < -0.39 is 61.5 Å². The molecule has 4 N–H and O–H groups in total. The number of rotatable bonds is 20. The predicted octanol–water partition coefficient (Wildman–Crippen LogP) is 4.65. The molecule has 0 bridgehead atoms. The van der Waals surface area contributed by atoms with Gasteiger partial charge in [0.05, 0.1) is 31.3 Å². The fraction of sp³-hybridized carbons (Fsp3) is 0.733. The number of aliphatic hydroxyl groups is 1. The minimum absolute atomic E-state index is 0.0593. The molecule has 11 heteroatoms. The fourth-order valence-electron chi connectivity index (χ4n) is 4.44. The van der Waals surface area contributed by atoms with Crippen LogP contribution >= 0.6 is 0 Å². The molecule has 0 heterocycles. The average Bonchev–Trinajstić information content (AvgIpc) is 2.95. The standard InChI is InChI=1S/C30H51N5O6/c1-19(2)22(14-21-10-11-26(40-8)27(15-21)41-13-9-12-39-7)16-24(34-35-32)25(36)17-23(20(3)4)28(37)33-18-30(5,6)29(31)38/h10-11,15,19-20,22-25,36H,9,12-14,16-18H2,1-8H3,(H2,31,38)(H,33,37)/t22-,23-,24-,25-/m0/s1/i5D3,6D3. The van der Waals surface area contributed by atoms with Crippen molar-refractivity contribution in [1.82, 2.24) is 5.32 Å². The number of aliphatic hydroxyl groups excluding tert-OH is 1. The van der Waals surface area contributed by atoms with Crippen molar-refractivity contribution in [3.8, 4) is 11.5 Å². The van der Waals surface area contributed by atoms with Crippen LogP contribution in [0.15, 0.2) is 23.3 Å². The van der Waals surface area contributed by atoms with E-state index in [9.17, 15) is 20.2 Å². The number of ether oxygens (including phenoxy) is 3. The third-order valence-electron chi connectivity index (χ3n) is 7.19. The van der Waals surface area contributed by atoms with Crippen molar-refractivity contribution in [3.63, 3.8) is 0 Å². The summed E-state index contributed by atoms with van der Waals surface area (Å²) in [4.78, 5) is 28.5. The van der Waals surface area contributed by atoms with Crippen LogP contribution in [0.25, 0.3) is 10.4 Å². The monoisotopic (exact) mass is 583 g/mol. The molecule has 4 atom stereocenters. The van der Waals surface area contributed by atoms with Gasteiger partial charge in [-0.2, -0.15) is 0 Å². The number of nitrogens with two attached hydrogens (primary N) is 1. The second-order valence-corrected chi connectivity index (χ2v) is 11.0. The number of carbonyl (C=O) groups is 2. The topological polar surface area (TPSA) is 169 Å². The quantitative estimate of drug-likeness (QED) is 0.0874. The molecule has 0 fully saturated rings. The summed E-state index contributed by atoms with van der Waals surface area (Å²) in [6, 6.07) is 4.71. The number of amides is 2. The summed E-state index contributed by atoms with van der Waals surface area (Å²) in [5.74, 6) is -2.50. The zero-order valence-corrected chi connectivity index (χ0v) is 25.1. The maximum absolute atomic E-state index is 13.3. The first-order valence-corrected chi connectivity index (χ1v) is 13.9. The van der Waals surface area contributed by atoms with Crippen LogP contribution in [0.2, 0.25) is 0 Å². The zero-order chi connectivity index (χ0) is 36.2. The van der Waals surface area contributed by atoms with Gasteiger partial charge in [-0.15, -0.1) is 0 Å². The molecule has 0 spiro atoms. The number of carbonyl (C=O) groups excluding carboxylic acids is 2. The zero-order valence-electron chi connectivity index (χ0n) is 31.1. The first-order valence-electron chi connectivity index (χ1n) is 16.9. The molecule has 0 aliphatic carbocycles. The summed E-state index contributed by atoms with van der Waals surface area (Å²) in [7, 11) is 3.17. The van der Waals surface area contributed by atoms with E-state index in [1.807, 2.05) is 32.0 Å². The second-order valence-electron chi connectivity index (χ2n) is 11.0. The lowest BCUT2D eigenvalue weighted by atomic mass is 9.80. The van der Waals surface area contributed by atoms with Gasteiger partial charge in [-0.1, -0.05) is 38.9 Å². The molecule has 0 unspecified atom stereocenters. The van der Waals surface area contributed by atoms with Crippen molar-refractivity contribution in [3.05, 3.63) is 34.2 Å². The van der Waals surface area contributed by atoms with Gasteiger partial charge in [-0.05, 0) is 73.9 Å². The Balaban J connectivity index is 3.20. The Morgan fingerprint density at radius 2 is 1.85 bits per heavy atom. The molecule has 41 heavy (non-hydrogen) atoms. The molecule has 11 nitrogen and oxygen atoms in total. The number of nitrogens with zero attached hydrogens (tertiary/aromatic N) is 3. The lowest BCUT2D eigenvalue weighted by molar-refractivity contribution is -0.130. The maximum Gasteiger partial charge on any atom is 0.224 e. The third kappa shape index (κ3) is 12.2. The van der Waals surface area contributed by atoms with E-state index in [-0.39, 0.29) is 24.7 Å². The van der Waals surface area contributed by atoms with E-state index >= 15 is 0 Å². The molecule has 0 radical (unpaired) electrons. The highest BCUT2D eigenvalue weighted by Gasteiger charge is 2.33. The van der Waals surface area contributed by atoms with Crippen molar-refractivity contribution < 1.29 is 37.1 Å². The Bertz CT molecular complexity index is 1190. The summed E-state index contributed by atoms with van der Waals surface area (Å²) < 4.78 is 62.9. The molecular formula is C30H51N5O6. The lowest BCUT2D eigenvalue weighted by Gasteiger charge is -2.30. The minimum atomic E-state index is -3.34. The van der Waals surface area contributed by atoms with Gasteiger partial charge in [0.1, 0.15) is 0 Å². The molecule has 0 aromatic heterocycles. The van der Waals surface area contributed by atoms with E-state index in [2.05, 4.69) is 15.3 Å². The van der Waals surface area contributed by atoms with Gasteiger partial charge in [-0.25, -0.2) is 0 Å². The largest absolute Gasteiger partial charge is 0.493 e. The van der Waals surface area contributed by atoms with E-state index in [0.29, 0.717) is 37.6 Å². The number of hydrogen-bond acceptors (Lipinski definition) is 7. The minimum Gasteiger partial charge on any atom is -0.493 e. The van der Waals surface area contributed by atoms with Crippen LogP contribution in [0.4, 0.5) is 0 Å². The smallest absolute Gasteiger partial charge is 0.224 e. The van der Waals surface area contributed by atoms with Crippen molar-refractivity contribution in [1.29, 1.82) is 0 Å². The van der Waals surface area contributed by atoms with Crippen LogP contribution in [0.5, 0.6) is 11.5 Å². The number of primary amides is 1. The molecule has 1 aromatic rings. The van der Waals surface area contributed by atoms with Gasteiger partial charge in [-0.3, -0.25) is 9.59 Å². The molecular weight excluding hydrogens is 526 g/mol. The number of azide groups is 1. The summed E-state index contributed by atoms with van der Waals surface area (Å²) in [5, 5.41) is 17.5. The van der Waals surface area contributed by atoms with Crippen LogP contribution in [0, 0.1) is 29.1 Å². The first-order chi connectivity index (χ1) is 21.8. The molecule has 0 saturated carbocycles. The Kier molecular flexibility index (Phi) is 11.6. The fourth-order valence-corrected chi connectivity index (χ4v) is 4.44. The molecule has 232 valence electrons. The Morgan fingerprint density at radius 1 is 1.15 bits per heavy atom. The summed E-state index contributed by atoms with van der Waals surface area (Å²) >= 11 is 0. The van der Waals surface area contributed by atoms with Crippen molar-refractivity contribution in [2.45, 2.75) is 79.2 Å². The molecule has 0 aliphatic heterocycles. The predicted molar refractivity (Wildman–Crippen MR) is 160 cm³/mol. The molecule has 1 rings (SSSR count). The van der Waals surface area contributed by atoms with Crippen LogP contribution in [0.3, 0.4) is 0 Å². The highest BCUT2D eigenvalue weighted by atomic mass is 16.5. The van der Waals surface area contributed by atoms with Crippen LogP contribution in [-0.2, 0) is 20.7 Å². The number of nitrogens with one attached hydrogen (secondary N) is 1. The van der Waals surface area contributed by atoms with Gasteiger partial charge < -0.3 is 30.4 Å². The SMILES string of the molecule is [2H]C([2H])([2H])C(CNC(=O)[C@@H](C[C@H](O)[C@H](C[C@H](Cc1ccc(OC)c(OCCCOC)c1)C(C)C)N=[N+]=[N-])C(C)C)(C(N)=O)C([2H])([2H])[2H]. The highest BCUT2D eigenvalue weighted by Crippen LogP contribution is 2.32. The maximum atomic E-state index is 13.3. The molecule has 0 saturated heterocycles.